The summed E-state index contributed by atoms with van der Waals surface area (Å²) >= 11 is 0. The second kappa shape index (κ2) is 8.66. The number of carbonyl (C=O) groups is 3. The number of anilines is 1. The molecule has 2 unspecified atom stereocenters. The van der Waals surface area contributed by atoms with Crippen LogP contribution in [-0.4, -0.2) is 46.0 Å². The molecule has 2 atom stereocenters. The van der Waals surface area contributed by atoms with Crippen molar-refractivity contribution in [3.63, 3.8) is 0 Å². The molecule has 1 fully saturated rings. The van der Waals surface area contributed by atoms with Crippen LogP contribution < -0.4 is 10.6 Å². The molecule has 1 heterocycles. The molecule has 0 aliphatic heterocycles. The van der Waals surface area contributed by atoms with Crippen LogP contribution >= 0.6 is 0 Å². The number of carboxylic acid groups (broad SMARTS) is 1. The Kier molecular flexibility index (Phi) is 5.53. The van der Waals surface area contributed by atoms with Crippen LogP contribution in [-0.2, 0) is 16.6 Å². The first kappa shape index (κ1) is 21.7. The van der Waals surface area contributed by atoms with Crippen molar-refractivity contribution >= 4 is 23.8 Å². The SMILES string of the molecule is Cn1nc(NC(=O)OCC2c3ccccc3-c3ccccc32)cc1C(=O)NCC1CC1C(=O)O. The van der Waals surface area contributed by atoms with Gasteiger partial charge in [-0.25, -0.2) is 4.79 Å². The summed E-state index contributed by atoms with van der Waals surface area (Å²) in [5, 5.41) is 18.4. The zero-order chi connectivity index (χ0) is 23.8. The topological polar surface area (TPSA) is 123 Å². The van der Waals surface area contributed by atoms with Gasteiger partial charge in [0.1, 0.15) is 12.3 Å². The van der Waals surface area contributed by atoms with E-state index in [0.29, 0.717) is 6.42 Å². The fourth-order valence-electron chi connectivity index (χ4n) is 4.57. The molecular formula is C25H24N4O5. The maximum atomic E-state index is 12.5. The highest BCUT2D eigenvalue weighted by atomic mass is 16.5. The van der Waals surface area contributed by atoms with E-state index in [-0.39, 0.29) is 42.4 Å². The summed E-state index contributed by atoms with van der Waals surface area (Å²) in [6.07, 6.45) is -0.0931. The Morgan fingerprint density at radius 2 is 1.74 bits per heavy atom. The average molecular weight is 460 g/mol. The highest BCUT2D eigenvalue weighted by Crippen LogP contribution is 2.44. The molecule has 2 aliphatic carbocycles. The summed E-state index contributed by atoms with van der Waals surface area (Å²) < 4.78 is 6.88. The number of hydrogen-bond donors (Lipinski definition) is 3. The lowest BCUT2D eigenvalue weighted by Gasteiger charge is -2.14. The summed E-state index contributed by atoms with van der Waals surface area (Å²) in [5.41, 5.74) is 4.78. The van der Waals surface area contributed by atoms with Crippen LogP contribution in [0.3, 0.4) is 0 Å². The van der Waals surface area contributed by atoms with E-state index in [0.717, 1.165) is 22.3 Å². The van der Waals surface area contributed by atoms with E-state index >= 15 is 0 Å². The lowest BCUT2D eigenvalue weighted by molar-refractivity contribution is -0.138. The molecule has 2 aliphatic rings. The molecule has 174 valence electrons. The maximum absolute atomic E-state index is 12.5. The van der Waals surface area contributed by atoms with Gasteiger partial charge in [0.05, 0.1) is 5.92 Å². The number of aromatic nitrogens is 2. The number of rotatable bonds is 7. The Morgan fingerprint density at radius 1 is 1.09 bits per heavy atom. The van der Waals surface area contributed by atoms with Gasteiger partial charge in [0.15, 0.2) is 5.82 Å². The maximum Gasteiger partial charge on any atom is 0.412 e. The van der Waals surface area contributed by atoms with Crippen LogP contribution in [0.25, 0.3) is 11.1 Å². The molecule has 0 saturated heterocycles. The second-order valence-corrected chi connectivity index (χ2v) is 8.64. The first-order valence-electron chi connectivity index (χ1n) is 11.1. The standard InChI is InChI=1S/C25H24N4O5/c1-29-21(23(30)26-12-14-10-19(14)24(31)32)11-22(28-29)27-25(33)34-13-20-17-8-4-2-6-15(17)16-7-3-5-9-18(16)20/h2-9,11,14,19-20H,10,12-13H2,1H3,(H,26,30)(H,31,32)(H,27,28,33). The molecule has 2 aromatic carbocycles. The normalized spacial score (nSPS) is 18.0. The van der Waals surface area contributed by atoms with E-state index in [1.807, 2.05) is 36.4 Å². The zero-order valence-corrected chi connectivity index (χ0v) is 18.5. The van der Waals surface area contributed by atoms with Gasteiger partial charge < -0.3 is 15.2 Å². The van der Waals surface area contributed by atoms with Crippen molar-refractivity contribution in [1.82, 2.24) is 15.1 Å². The Labute approximate surface area is 195 Å². The molecule has 2 amide bonds. The number of carboxylic acids is 1. The highest BCUT2D eigenvalue weighted by Gasteiger charge is 2.43. The number of nitrogens with one attached hydrogen (secondary N) is 2. The van der Waals surface area contributed by atoms with Gasteiger partial charge in [0.25, 0.3) is 5.91 Å². The van der Waals surface area contributed by atoms with E-state index in [1.165, 1.54) is 10.7 Å². The predicted molar refractivity (Wildman–Crippen MR) is 123 cm³/mol. The number of hydrogen-bond acceptors (Lipinski definition) is 5. The lowest BCUT2D eigenvalue weighted by Crippen LogP contribution is -2.28. The first-order chi connectivity index (χ1) is 16.4. The van der Waals surface area contributed by atoms with Gasteiger partial charge in [0, 0.05) is 25.6 Å². The van der Waals surface area contributed by atoms with E-state index in [1.54, 1.807) is 7.05 Å². The molecule has 1 aromatic heterocycles. The van der Waals surface area contributed by atoms with E-state index in [2.05, 4.69) is 27.9 Å². The first-order valence-corrected chi connectivity index (χ1v) is 11.1. The third-order valence-electron chi connectivity index (χ3n) is 6.45. The molecule has 0 radical (unpaired) electrons. The van der Waals surface area contributed by atoms with Crippen LogP contribution in [0, 0.1) is 11.8 Å². The van der Waals surface area contributed by atoms with Crippen molar-refractivity contribution in [3.05, 3.63) is 71.4 Å². The molecular weight excluding hydrogens is 436 g/mol. The van der Waals surface area contributed by atoms with Gasteiger partial charge >= 0.3 is 12.1 Å². The molecule has 9 nitrogen and oxygen atoms in total. The highest BCUT2D eigenvalue weighted by molar-refractivity contribution is 5.94. The van der Waals surface area contributed by atoms with E-state index in [4.69, 9.17) is 9.84 Å². The number of ether oxygens (including phenoxy) is 1. The third-order valence-corrected chi connectivity index (χ3v) is 6.45. The van der Waals surface area contributed by atoms with Gasteiger partial charge in [-0.1, -0.05) is 48.5 Å². The number of aliphatic carboxylic acids is 1. The van der Waals surface area contributed by atoms with Gasteiger partial charge in [0.2, 0.25) is 0 Å². The second-order valence-electron chi connectivity index (χ2n) is 8.64. The lowest BCUT2D eigenvalue weighted by atomic mass is 9.98. The van der Waals surface area contributed by atoms with Crippen LogP contribution in [0.15, 0.2) is 54.6 Å². The molecule has 34 heavy (non-hydrogen) atoms. The summed E-state index contributed by atoms with van der Waals surface area (Å²) in [4.78, 5) is 35.8. The van der Waals surface area contributed by atoms with Crippen molar-refractivity contribution in [1.29, 1.82) is 0 Å². The van der Waals surface area contributed by atoms with E-state index < -0.39 is 18.0 Å². The number of amides is 2. The Morgan fingerprint density at radius 3 is 2.35 bits per heavy atom. The van der Waals surface area contributed by atoms with Crippen molar-refractivity contribution in [2.24, 2.45) is 18.9 Å². The third kappa shape index (κ3) is 4.12. The number of nitrogens with zero attached hydrogens (tertiary/aromatic N) is 2. The molecule has 3 aromatic rings. The number of carbonyl (C=O) groups excluding carboxylic acids is 2. The molecule has 0 spiro atoms. The number of fused-ring (bicyclic) bond motifs is 3. The molecule has 3 N–H and O–H groups in total. The molecule has 9 heteroatoms. The largest absolute Gasteiger partial charge is 0.481 e. The van der Waals surface area contributed by atoms with Crippen molar-refractivity contribution in [2.45, 2.75) is 12.3 Å². The summed E-state index contributed by atoms with van der Waals surface area (Å²) in [5.74, 6) is -1.52. The Hall–Kier alpha value is -4.14. The van der Waals surface area contributed by atoms with Gasteiger partial charge in [-0.05, 0) is 34.6 Å². The van der Waals surface area contributed by atoms with Crippen molar-refractivity contribution in [3.8, 4) is 11.1 Å². The Balaban J connectivity index is 1.18. The molecule has 5 rings (SSSR count). The monoisotopic (exact) mass is 460 g/mol. The van der Waals surface area contributed by atoms with Crippen LogP contribution in [0.5, 0.6) is 0 Å². The van der Waals surface area contributed by atoms with Crippen LogP contribution in [0.2, 0.25) is 0 Å². The average Bonchev–Trinajstić information content (AvgIpc) is 3.43. The minimum absolute atomic E-state index is 0.0481. The minimum Gasteiger partial charge on any atom is -0.481 e. The van der Waals surface area contributed by atoms with Crippen molar-refractivity contribution in [2.75, 3.05) is 18.5 Å². The fourth-order valence-corrected chi connectivity index (χ4v) is 4.57. The Bertz CT molecular complexity index is 1240. The van der Waals surface area contributed by atoms with Gasteiger partial charge in [-0.3, -0.25) is 19.6 Å². The summed E-state index contributed by atoms with van der Waals surface area (Å²) in [6.45, 7) is 0.461. The fraction of sp³-hybridized carbons (Fsp3) is 0.280. The summed E-state index contributed by atoms with van der Waals surface area (Å²) in [7, 11) is 1.59. The predicted octanol–water partition coefficient (Wildman–Crippen LogP) is 3.23. The smallest absolute Gasteiger partial charge is 0.412 e. The van der Waals surface area contributed by atoms with Crippen molar-refractivity contribution < 1.29 is 24.2 Å². The number of aryl methyl sites for hydroxylation is 1. The molecule has 1 saturated carbocycles. The van der Waals surface area contributed by atoms with Crippen LogP contribution in [0.4, 0.5) is 10.6 Å². The molecule has 0 bridgehead atoms. The zero-order valence-electron chi connectivity index (χ0n) is 18.5. The van der Waals surface area contributed by atoms with E-state index in [9.17, 15) is 14.4 Å². The summed E-state index contributed by atoms with van der Waals surface area (Å²) in [6, 6.07) is 17.6. The minimum atomic E-state index is -0.839. The van der Waals surface area contributed by atoms with Gasteiger partial charge in [-0.15, -0.1) is 0 Å². The van der Waals surface area contributed by atoms with Gasteiger partial charge in [-0.2, -0.15) is 5.10 Å². The quantitative estimate of drug-likeness (QED) is 0.498. The number of benzene rings is 2. The van der Waals surface area contributed by atoms with Crippen LogP contribution in [0.1, 0.15) is 34.0 Å².